The molecule has 0 saturated heterocycles. The number of fused-ring (bicyclic) bond motifs is 3. The molecule has 0 aliphatic rings. The molecule has 0 unspecified atom stereocenters. The highest BCUT2D eigenvalue weighted by atomic mass is 32.1. The van der Waals surface area contributed by atoms with E-state index in [4.69, 9.17) is 0 Å². The number of thiophene rings is 1. The molecule has 0 bridgehead atoms. The van der Waals surface area contributed by atoms with E-state index in [0.29, 0.717) is 0 Å². The Balaban J connectivity index is 2.58. The Morgan fingerprint density at radius 3 is 2.67 bits per heavy atom. The Bertz CT molecular complexity index is 647. The van der Waals surface area contributed by atoms with Gasteiger partial charge in [-0.15, -0.1) is 11.3 Å². The van der Waals surface area contributed by atoms with E-state index in [2.05, 4.69) is 50.2 Å². The Morgan fingerprint density at radius 1 is 0.933 bits per heavy atom. The molecule has 1 heterocycles. The number of hydrogen-bond acceptors (Lipinski definition) is 1. The van der Waals surface area contributed by atoms with E-state index in [9.17, 15) is 0 Å². The van der Waals surface area contributed by atoms with E-state index in [1.54, 1.807) is 0 Å². The normalized spacial score (nSPS) is 11.3. The van der Waals surface area contributed by atoms with Gasteiger partial charge in [-0.1, -0.05) is 29.8 Å². The summed E-state index contributed by atoms with van der Waals surface area (Å²) in [5.74, 6) is 0. The number of aryl methyl sites for hydroxylation is 2. The van der Waals surface area contributed by atoms with Crippen LogP contribution < -0.4 is 0 Å². The molecule has 0 amide bonds. The predicted octanol–water partition coefficient (Wildman–Crippen LogP) is 4.67. The van der Waals surface area contributed by atoms with Gasteiger partial charge in [0.05, 0.1) is 0 Å². The average Bonchev–Trinajstić information content (AvgIpc) is 2.58. The van der Waals surface area contributed by atoms with Gasteiger partial charge in [0.2, 0.25) is 0 Å². The van der Waals surface area contributed by atoms with Crippen LogP contribution in [0.4, 0.5) is 0 Å². The molecule has 3 aromatic rings. The summed E-state index contributed by atoms with van der Waals surface area (Å²) in [6.07, 6.45) is 0. The Hall–Kier alpha value is -1.34. The van der Waals surface area contributed by atoms with Crippen LogP contribution in [0.5, 0.6) is 0 Å². The van der Waals surface area contributed by atoms with Crippen molar-refractivity contribution in [2.75, 3.05) is 0 Å². The molecule has 1 heteroatoms. The van der Waals surface area contributed by atoms with E-state index in [1.807, 2.05) is 11.3 Å². The van der Waals surface area contributed by atoms with E-state index < -0.39 is 0 Å². The molecule has 74 valence electrons. The standard InChI is InChI=1S/C14H12S/c1-9-6-7-13-12(8-9)11-5-3-4-10(2)14(11)15-13/h3-8H,1-2H3. The lowest BCUT2D eigenvalue weighted by atomic mass is 10.1. The first-order chi connectivity index (χ1) is 7.25. The average molecular weight is 212 g/mol. The zero-order valence-electron chi connectivity index (χ0n) is 8.87. The maximum Gasteiger partial charge on any atom is 0.0384 e. The van der Waals surface area contributed by atoms with E-state index >= 15 is 0 Å². The minimum Gasteiger partial charge on any atom is -0.135 e. The van der Waals surface area contributed by atoms with Crippen LogP contribution >= 0.6 is 11.3 Å². The Kier molecular flexibility index (Phi) is 1.83. The van der Waals surface area contributed by atoms with Crippen LogP contribution in [-0.2, 0) is 0 Å². The van der Waals surface area contributed by atoms with Crippen LogP contribution in [0, 0.1) is 13.8 Å². The highest BCUT2D eigenvalue weighted by Gasteiger charge is 2.05. The van der Waals surface area contributed by atoms with Gasteiger partial charge in [0.25, 0.3) is 0 Å². The quantitative estimate of drug-likeness (QED) is 0.508. The molecule has 0 atom stereocenters. The third-order valence-electron chi connectivity index (χ3n) is 2.85. The zero-order valence-corrected chi connectivity index (χ0v) is 9.69. The molecule has 0 aliphatic carbocycles. The fourth-order valence-corrected chi connectivity index (χ4v) is 3.21. The van der Waals surface area contributed by atoms with Gasteiger partial charge in [0.15, 0.2) is 0 Å². The van der Waals surface area contributed by atoms with Gasteiger partial charge in [-0.2, -0.15) is 0 Å². The number of rotatable bonds is 0. The molecule has 0 N–H and O–H groups in total. The molecule has 2 aromatic carbocycles. The maximum absolute atomic E-state index is 2.29. The molecular formula is C14H12S. The number of hydrogen-bond donors (Lipinski definition) is 0. The summed E-state index contributed by atoms with van der Waals surface area (Å²) >= 11 is 1.90. The molecular weight excluding hydrogens is 200 g/mol. The Labute approximate surface area is 93.2 Å². The van der Waals surface area contributed by atoms with E-state index in [1.165, 1.54) is 31.3 Å². The van der Waals surface area contributed by atoms with Crippen molar-refractivity contribution in [2.24, 2.45) is 0 Å². The molecule has 0 aliphatic heterocycles. The van der Waals surface area contributed by atoms with Crippen molar-refractivity contribution in [3.05, 3.63) is 47.5 Å². The topological polar surface area (TPSA) is 0 Å². The third kappa shape index (κ3) is 1.27. The number of benzene rings is 2. The summed E-state index contributed by atoms with van der Waals surface area (Å²) in [5, 5.41) is 2.80. The fraction of sp³-hybridized carbons (Fsp3) is 0.143. The minimum absolute atomic E-state index is 1.34. The summed E-state index contributed by atoms with van der Waals surface area (Å²) in [6, 6.07) is 13.3. The summed E-state index contributed by atoms with van der Waals surface area (Å²) in [7, 11) is 0. The smallest absolute Gasteiger partial charge is 0.0384 e. The fourth-order valence-electron chi connectivity index (χ4n) is 2.05. The molecule has 0 spiro atoms. The third-order valence-corrected chi connectivity index (χ3v) is 4.17. The second-order valence-electron chi connectivity index (χ2n) is 4.05. The summed E-state index contributed by atoms with van der Waals surface area (Å²) in [4.78, 5) is 0. The van der Waals surface area contributed by atoms with Gasteiger partial charge >= 0.3 is 0 Å². The monoisotopic (exact) mass is 212 g/mol. The lowest BCUT2D eigenvalue weighted by molar-refractivity contribution is 1.52. The lowest BCUT2D eigenvalue weighted by Gasteiger charge is -1.95. The predicted molar refractivity (Wildman–Crippen MR) is 68.8 cm³/mol. The van der Waals surface area contributed by atoms with Crippen LogP contribution in [-0.4, -0.2) is 0 Å². The summed E-state index contributed by atoms with van der Waals surface area (Å²) < 4.78 is 2.82. The molecule has 15 heavy (non-hydrogen) atoms. The van der Waals surface area contributed by atoms with Gasteiger partial charge in [-0.05, 0) is 31.5 Å². The van der Waals surface area contributed by atoms with Crippen LogP contribution in [0.3, 0.4) is 0 Å². The van der Waals surface area contributed by atoms with Crippen LogP contribution in [0.1, 0.15) is 11.1 Å². The lowest BCUT2D eigenvalue weighted by Crippen LogP contribution is -1.72. The van der Waals surface area contributed by atoms with Gasteiger partial charge in [0, 0.05) is 20.2 Å². The highest BCUT2D eigenvalue weighted by Crippen LogP contribution is 2.35. The van der Waals surface area contributed by atoms with Gasteiger partial charge in [-0.25, -0.2) is 0 Å². The highest BCUT2D eigenvalue weighted by molar-refractivity contribution is 7.26. The second kappa shape index (κ2) is 3.07. The van der Waals surface area contributed by atoms with Gasteiger partial charge < -0.3 is 0 Å². The molecule has 0 fully saturated rings. The maximum atomic E-state index is 2.29. The SMILES string of the molecule is Cc1ccc2sc3c(C)cccc3c2c1. The molecule has 3 rings (SSSR count). The van der Waals surface area contributed by atoms with Crippen molar-refractivity contribution < 1.29 is 0 Å². The molecule has 0 radical (unpaired) electrons. The second-order valence-corrected chi connectivity index (χ2v) is 5.11. The van der Waals surface area contributed by atoms with Gasteiger partial charge in [-0.3, -0.25) is 0 Å². The summed E-state index contributed by atoms with van der Waals surface area (Å²) in [6.45, 7) is 4.34. The van der Waals surface area contributed by atoms with Crippen molar-refractivity contribution in [1.29, 1.82) is 0 Å². The van der Waals surface area contributed by atoms with Crippen molar-refractivity contribution in [3.63, 3.8) is 0 Å². The zero-order chi connectivity index (χ0) is 10.4. The van der Waals surface area contributed by atoms with Crippen LogP contribution in [0.15, 0.2) is 36.4 Å². The largest absolute Gasteiger partial charge is 0.135 e. The molecule has 0 nitrogen and oxygen atoms in total. The van der Waals surface area contributed by atoms with E-state index in [-0.39, 0.29) is 0 Å². The van der Waals surface area contributed by atoms with Crippen molar-refractivity contribution in [2.45, 2.75) is 13.8 Å². The first kappa shape index (κ1) is 8.93. The van der Waals surface area contributed by atoms with Crippen molar-refractivity contribution in [1.82, 2.24) is 0 Å². The molecule has 0 saturated carbocycles. The van der Waals surface area contributed by atoms with Gasteiger partial charge in [0.1, 0.15) is 0 Å². The van der Waals surface area contributed by atoms with Crippen LogP contribution in [0.25, 0.3) is 20.2 Å². The first-order valence-corrected chi connectivity index (χ1v) is 5.96. The molecule has 1 aromatic heterocycles. The van der Waals surface area contributed by atoms with Crippen molar-refractivity contribution >= 4 is 31.5 Å². The van der Waals surface area contributed by atoms with Crippen molar-refractivity contribution in [3.8, 4) is 0 Å². The minimum atomic E-state index is 1.34. The first-order valence-electron chi connectivity index (χ1n) is 5.14. The van der Waals surface area contributed by atoms with Crippen LogP contribution in [0.2, 0.25) is 0 Å². The van der Waals surface area contributed by atoms with E-state index in [0.717, 1.165) is 0 Å². The Morgan fingerprint density at radius 2 is 1.80 bits per heavy atom. The summed E-state index contributed by atoms with van der Waals surface area (Å²) in [5.41, 5.74) is 2.72.